The molecule has 1 aliphatic rings. The summed E-state index contributed by atoms with van der Waals surface area (Å²) in [5.41, 5.74) is 8.76. The van der Waals surface area contributed by atoms with E-state index in [1.165, 1.54) is 16.8 Å². The Bertz CT molecular complexity index is 1620. The minimum Gasteiger partial charge on any atom is -0.444 e. The molecule has 0 saturated carbocycles. The lowest BCUT2D eigenvalue weighted by atomic mass is 9.88. The van der Waals surface area contributed by atoms with Crippen molar-refractivity contribution in [3.8, 4) is 28.1 Å². The molecule has 0 aliphatic carbocycles. The van der Waals surface area contributed by atoms with Crippen LogP contribution in [0.4, 0.5) is 18.0 Å². The highest BCUT2D eigenvalue weighted by Crippen LogP contribution is 2.33. The summed E-state index contributed by atoms with van der Waals surface area (Å²) in [6.45, 7) is 6.81. The molecule has 0 bridgehead atoms. The minimum absolute atomic E-state index is 0.276. The molecule has 0 spiro atoms. The third kappa shape index (κ3) is 7.04. The summed E-state index contributed by atoms with van der Waals surface area (Å²) in [5.74, 6) is -0.307. The first-order valence-electron chi connectivity index (χ1n) is 13.9. The van der Waals surface area contributed by atoms with Crippen molar-refractivity contribution >= 4 is 12.0 Å². The molecule has 0 atom stereocenters. The van der Waals surface area contributed by atoms with Gasteiger partial charge in [0, 0.05) is 24.2 Å². The van der Waals surface area contributed by atoms with Gasteiger partial charge in [-0.2, -0.15) is 13.2 Å². The zero-order valence-electron chi connectivity index (χ0n) is 24.1. The average molecular weight is 592 g/mol. The van der Waals surface area contributed by atoms with Gasteiger partial charge in [-0.1, -0.05) is 41.6 Å². The van der Waals surface area contributed by atoms with Gasteiger partial charge in [0.1, 0.15) is 11.3 Å². The second-order valence-corrected chi connectivity index (χ2v) is 11.6. The van der Waals surface area contributed by atoms with Crippen LogP contribution in [0, 0.1) is 0 Å². The Morgan fingerprint density at radius 1 is 0.884 bits per heavy atom. The van der Waals surface area contributed by atoms with Crippen molar-refractivity contribution in [1.82, 2.24) is 19.9 Å². The summed E-state index contributed by atoms with van der Waals surface area (Å²) in [7, 11) is 0. The van der Waals surface area contributed by atoms with E-state index in [4.69, 9.17) is 10.5 Å². The van der Waals surface area contributed by atoms with Gasteiger partial charge in [-0.3, -0.25) is 4.79 Å². The fraction of sp³-hybridized carbons (Fsp3) is 0.312. The highest BCUT2D eigenvalue weighted by Gasteiger charge is 2.30. The number of nitrogens with two attached hydrogens (primary N) is 1. The van der Waals surface area contributed by atoms with Crippen molar-refractivity contribution in [3.63, 3.8) is 0 Å². The van der Waals surface area contributed by atoms with E-state index in [2.05, 4.69) is 22.4 Å². The third-order valence-corrected chi connectivity index (χ3v) is 7.33. The lowest BCUT2D eigenvalue weighted by molar-refractivity contribution is -0.137. The zero-order chi connectivity index (χ0) is 30.9. The molecule has 1 fully saturated rings. The standard InChI is InChI=1S/C32H32F3N5O3/c1-31(2,3)43-30(42)39-14-12-22(13-15-39)20-4-6-21(7-5-20)24-16-25(29(36)41)18-27(17-24)40-19-28(37-38-40)23-8-10-26(11-9-23)32(33,34)35/h4-11,16-19,22H,12-15H2,1-3H3,(H2,36,41). The third-order valence-electron chi connectivity index (χ3n) is 7.33. The van der Waals surface area contributed by atoms with Crippen molar-refractivity contribution < 1.29 is 27.5 Å². The Hall–Kier alpha value is -4.67. The number of hydrogen-bond donors (Lipinski definition) is 1. The number of nitrogens with zero attached hydrogens (tertiary/aromatic N) is 4. The Morgan fingerprint density at radius 3 is 2.09 bits per heavy atom. The number of piperidine rings is 1. The molecular weight excluding hydrogens is 559 g/mol. The normalized spacial score (nSPS) is 14.5. The van der Waals surface area contributed by atoms with Crippen LogP contribution in [0.25, 0.3) is 28.1 Å². The number of likely N-dealkylation sites (tertiary alicyclic amines) is 1. The van der Waals surface area contributed by atoms with Gasteiger partial charge in [0.15, 0.2) is 0 Å². The SMILES string of the molecule is CC(C)(C)OC(=O)N1CCC(c2ccc(-c3cc(C(N)=O)cc(-n4cc(-c5ccc(C(F)(F)F)cc5)nn4)c3)cc2)CC1. The first kappa shape index (κ1) is 29.8. The Labute approximate surface area is 247 Å². The van der Waals surface area contributed by atoms with Crippen molar-refractivity contribution in [2.24, 2.45) is 5.73 Å². The number of rotatable bonds is 5. The number of primary amides is 1. The van der Waals surface area contributed by atoms with Crippen LogP contribution in [0.5, 0.6) is 0 Å². The molecule has 2 heterocycles. The number of halogens is 3. The predicted molar refractivity (Wildman–Crippen MR) is 156 cm³/mol. The van der Waals surface area contributed by atoms with Gasteiger partial charge in [0.2, 0.25) is 5.91 Å². The monoisotopic (exact) mass is 591 g/mol. The van der Waals surface area contributed by atoms with Crippen LogP contribution in [-0.2, 0) is 10.9 Å². The van der Waals surface area contributed by atoms with E-state index in [0.717, 1.165) is 41.7 Å². The van der Waals surface area contributed by atoms with E-state index >= 15 is 0 Å². The summed E-state index contributed by atoms with van der Waals surface area (Å²) in [5, 5.41) is 8.25. The molecule has 1 aliphatic heterocycles. The maximum Gasteiger partial charge on any atom is 0.416 e. The van der Waals surface area contributed by atoms with E-state index in [1.54, 1.807) is 23.2 Å². The maximum atomic E-state index is 12.9. The van der Waals surface area contributed by atoms with Crippen LogP contribution < -0.4 is 5.73 Å². The number of amides is 2. The van der Waals surface area contributed by atoms with Crippen molar-refractivity contribution in [3.05, 3.63) is 89.6 Å². The van der Waals surface area contributed by atoms with Crippen LogP contribution in [0.3, 0.4) is 0 Å². The minimum atomic E-state index is -4.43. The summed E-state index contributed by atoms with van der Waals surface area (Å²) >= 11 is 0. The molecule has 11 heteroatoms. The molecule has 43 heavy (non-hydrogen) atoms. The molecule has 3 aromatic carbocycles. The van der Waals surface area contributed by atoms with E-state index < -0.39 is 23.2 Å². The fourth-order valence-electron chi connectivity index (χ4n) is 5.07. The Morgan fingerprint density at radius 2 is 1.51 bits per heavy atom. The van der Waals surface area contributed by atoms with Crippen LogP contribution >= 0.6 is 0 Å². The molecule has 2 amide bonds. The number of aromatic nitrogens is 3. The van der Waals surface area contributed by atoms with Crippen LogP contribution in [-0.4, -0.2) is 50.6 Å². The molecule has 2 N–H and O–H groups in total. The largest absolute Gasteiger partial charge is 0.444 e. The maximum absolute atomic E-state index is 12.9. The molecule has 5 rings (SSSR count). The quantitative estimate of drug-likeness (QED) is 0.274. The van der Waals surface area contributed by atoms with E-state index in [1.807, 2.05) is 39.0 Å². The molecular formula is C32H32F3N5O3. The number of benzene rings is 3. The number of ether oxygens (including phenoxy) is 1. The average Bonchev–Trinajstić information content (AvgIpc) is 3.46. The van der Waals surface area contributed by atoms with Gasteiger partial charge < -0.3 is 15.4 Å². The highest BCUT2D eigenvalue weighted by atomic mass is 19.4. The van der Waals surface area contributed by atoms with Crippen LogP contribution in [0.1, 0.15) is 61.0 Å². The number of carbonyl (C=O) groups excluding carboxylic acids is 2. The second-order valence-electron chi connectivity index (χ2n) is 11.6. The van der Waals surface area contributed by atoms with Gasteiger partial charge in [0.05, 0.1) is 17.4 Å². The van der Waals surface area contributed by atoms with Gasteiger partial charge in [-0.25, -0.2) is 9.48 Å². The smallest absolute Gasteiger partial charge is 0.416 e. The van der Waals surface area contributed by atoms with E-state index in [0.29, 0.717) is 36.0 Å². The van der Waals surface area contributed by atoms with Gasteiger partial charge >= 0.3 is 12.3 Å². The van der Waals surface area contributed by atoms with Crippen molar-refractivity contribution in [1.29, 1.82) is 0 Å². The summed E-state index contributed by atoms with van der Waals surface area (Å²) in [6, 6.07) is 17.9. The second kappa shape index (κ2) is 11.5. The van der Waals surface area contributed by atoms with E-state index in [-0.39, 0.29) is 11.7 Å². The molecule has 0 radical (unpaired) electrons. The molecule has 224 valence electrons. The predicted octanol–water partition coefficient (Wildman–Crippen LogP) is 6.83. The molecule has 8 nitrogen and oxygen atoms in total. The number of hydrogen-bond acceptors (Lipinski definition) is 5. The van der Waals surface area contributed by atoms with Gasteiger partial charge in [-0.15, -0.1) is 5.10 Å². The van der Waals surface area contributed by atoms with Gasteiger partial charge in [0.25, 0.3) is 0 Å². The summed E-state index contributed by atoms with van der Waals surface area (Å²) < 4.78 is 45.8. The highest BCUT2D eigenvalue weighted by molar-refractivity contribution is 5.95. The summed E-state index contributed by atoms with van der Waals surface area (Å²) in [4.78, 5) is 26.3. The molecule has 1 aromatic heterocycles. The summed E-state index contributed by atoms with van der Waals surface area (Å²) in [6.07, 6.45) is -1.48. The van der Waals surface area contributed by atoms with Crippen LogP contribution in [0.15, 0.2) is 72.9 Å². The number of alkyl halides is 3. The van der Waals surface area contributed by atoms with Gasteiger partial charge in [-0.05, 0) is 86.6 Å². The van der Waals surface area contributed by atoms with Crippen molar-refractivity contribution in [2.45, 2.75) is 51.3 Å². The molecule has 0 unspecified atom stereocenters. The van der Waals surface area contributed by atoms with E-state index in [9.17, 15) is 22.8 Å². The topological polar surface area (TPSA) is 103 Å². The first-order chi connectivity index (χ1) is 20.3. The Balaban J connectivity index is 1.33. The molecule has 4 aromatic rings. The van der Waals surface area contributed by atoms with Crippen molar-refractivity contribution in [2.75, 3.05) is 13.1 Å². The number of carbonyl (C=O) groups is 2. The first-order valence-corrected chi connectivity index (χ1v) is 13.9. The zero-order valence-corrected chi connectivity index (χ0v) is 24.1. The lowest BCUT2D eigenvalue weighted by Crippen LogP contribution is -2.41. The molecule has 1 saturated heterocycles. The van der Waals surface area contributed by atoms with Crippen LogP contribution in [0.2, 0.25) is 0 Å². The lowest BCUT2D eigenvalue weighted by Gasteiger charge is -2.33. The fourth-order valence-corrected chi connectivity index (χ4v) is 5.07. The Kier molecular flexibility index (Phi) is 8.00.